The Labute approximate surface area is 99.8 Å². The van der Waals surface area contributed by atoms with Gasteiger partial charge in [0.2, 0.25) is 0 Å². The lowest BCUT2D eigenvalue weighted by Crippen LogP contribution is -2.06. The van der Waals surface area contributed by atoms with Crippen LogP contribution in [0.4, 0.5) is 4.39 Å². The largest absolute Gasteiger partial charge is 0.334 e. The zero-order valence-corrected chi connectivity index (χ0v) is 10.0. The van der Waals surface area contributed by atoms with Crippen molar-refractivity contribution < 1.29 is 8.91 Å². The molecule has 1 unspecified atom stereocenters. The summed E-state index contributed by atoms with van der Waals surface area (Å²) in [6.07, 6.45) is 0. The second kappa shape index (κ2) is 4.31. The molecule has 2 N–H and O–H groups in total. The lowest BCUT2D eigenvalue weighted by atomic mass is 10.2. The zero-order valence-electron chi connectivity index (χ0n) is 8.45. The van der Waals surface area contributed by atoms with Gasteiger partial charge in [-0.25, -0.2) is 4.39 Å². The molecule has 0 saturated carbocycles. The van der Waals surface area contributed by atoms with Crippen molar-refractivity contribution in [1.29, 1.82) is 0 Å². The Morgan fingerprint density at radius 2 is 2.25 bits per heavy atom. The number of aromatic nitrogens is 2. The molecule has 1 atom stereocenters. The summed E-state index contributed by atoms with van der Waals surface area (Å²) in [4.78, 5) is 4.07. The predicted molar refractivity (Wildman–Crippen MR) is 60.0 cm³/mol. The summed E-state index contributed by atoms with van der Waals surface area (Å²) in [5, 5.41) is 3.70. The fourth-order valence-corrected chi connectivity index (χ4v) is 1.41. The highest BCUT2D eigenvalue weighted by Gasteiger charge is 2.12. The van der Waals surface area contributed by atoms with Gasteiger partial charge in [-0.2, -0.15) is 4.98 Å². The first kappa shape index (κ1) is 11.2. The highest BCUT2D eigenvalue weighted by atomic mass is 79.9. The average molecular weight is 286 g/mol. The second-order valence-electron chi connectivity index (χ2n) is 3.38. The van der Waals surface area contributed by atoms with Crippen LogP contribution in [0.2, 0.25) is 0 Å². The summed E-state index contributed by atoms with van der Waals surface area (Å²) < 4.78 is 18.6. The first-order valence-electron chi connectivity index (χ1n) is 4.62. The van der Waals surface area contributed by atoms with Crippen LogP contribution < -0.4 is 5.73 Å². The number of hydrogen-bond donors (Lipinski definition) is 1. The third-order valence-electron chi connectivity index (χ3n) is 2.02. The Bertz CT molecular complexity index is 513. The molecule has 1 heterocycles. The molecular formula is C10H9BrFN3O. The number of hydrogen-bond acceptors (Lipinski definition) is 4. The van der Waals surface area contributed by atoms with Gasteiger partial charge < -0.3 is 10.3 Å². The van der Waals surface area contributed by atoms with E-state index in [1.807, 2.05) is 0 Å². The van der Waals surface area contributed by atoms with Crippen molar-refractivity contribution in [2.24, 2.45) is 5.73 Å². The van der Waals surface area contributed by atoms with E-state index in [0.717, 1.165) is 0 Å². The lowest BCUT2D eigenvalue weighted by molar-refractivity contribution is 0.418. The van der Waals surface area contributed by atoms with Gasteiger partial charge in [0.1, 0.15) is 5.82 Å². The summed E-state index contributed by atoms with van der Waals surface area (Å²) >= 11 is 3.07. The van der Waals surface area contributed by atoms with Crippen LogP contribution in [0.3, 0.4) is 0 Å². The third-order valence-corrected chi connectivity index (χ3v) is 2.66. The number of rotatable bonds is 2. The molecule has 0 aliphatic carbocycles. The molecule has 0 fully saturated rings. The minimum Gasteiger partial charge on any atom is -0.334 e. The monoisotopic (exact) mass is 285 g/mol. The van der Waals surface area contributed by atoms with Crippen molar-refractivity contribution in [3.05, 3.63) is 34.3 Å². The molecule has 16 heavy (non-hydrogen) atoms. The van der Waals surface area contributed by atoms with E-state index in [-0.39, 0.29) is 17.7 Å². The highest BCUT2D eigenvalue weighted by Crippen LogP contribution is 2.23. The molecule has 1 aromatic carbocycles. The third kappa shape index (κ3) is 2.12. The second-order valence-corrected chi connectivity index (χ2v) is 4.23. The summed E-state index contributed by atoms with van der Waals surface area (Å²) in [6.45, 7) is 1.75. The smallest absolute Gasteiger partial charge is 0.258 e. The van der Waals surface area contributed by atoms with Gasteiger partial charge in [0, 0.05) is 5.56 Å². The fourth-order valence-electron chi connectivity index (χ4n) is 1.17. The molecule has 2 rings (SSSR count). The van der Waals surface area contributed by atoms with Crippen molar-refractivity contribution in [2.45, 2.75) is 13.0 Å². The van der Waals surface area contributed by atoms with Crippen LogP contribution in [0, 0.1) is 5.82 Å². The van der Waals surface area contributed by atoms with E-state index in [0.29, 0.717) is 15.9 Å². The Morgan fingerprint density at radius 1 is 1.50 bits per heavy atom. The van der Waals surface area contributed by atoms with Crippen LogP contribution in [0.1, 0.15) is 18.8 Å². The lowest BCUT2D eigenvalue weighted by Gasteiger charge is -1.96. The molecule has 0 amide bonds. The normalized spacial score (nSPS) is 12.8. The van der Waals surface area contributed by atoms with Crippen LogP contribution in [0.5, 0.6) is 0 Å². The first-order chi connectivity index (χ1) is 7.58. The van der Waals surface area contributed by atoms with Crippen LogP contribution in [-0.2, 0) is 0 Å². The van der Waals surface area contributed by atoms with Gasteiger partial charge in [0.05, 0.1) is 10.5 Å². The van der Waals surface area contributed by atoms with E-state index < -0.39 is 0 Å². The van der Waals surface area contributed by atoms with Crippen molar-refractivity contribution >= 4 is 15.9 Å². The molecule has 0 spiro atoms. The SMILES string of the molecule is CC(N)c1noc(-c2ccc(Br)c(F)c2)n1. The fraction of sp³-hybridized carbons (Fsp3) is 0.200. The Balaban J connectivity index is 2.39. The Kier molecular flexibility index (Phi) is 3.02. The van der Waals surface area contributed by atoms with Crippen molar-refractivity contribution in [1.82, 2.24) is 10.1 Å². The van der Waals surface area contributed by atoms with Gasteiger partial charge in [-0.3, -0.25) is 0 Å². The maximum atomic E-state index is 13.3. The summed E-state index contributed by atoms with van der Waals surface area (Å²) in [5.74, 6) is 0.287. The minimum absolute atomic E-state index is 0.263. The summed E-state index contributed by atoms with van der Waals surface area (Å²) in [6, 6.07) is 4.28. The molecule has 6 heteroatoms. The highest BCUT2D eigenvalue weighted by molar-refractivity contribution is 9.10. The quantitative estimate of drug-likeness (QED) is 0.921. The molecular weight excluding hydrogens is 277 g/mol. The van der Waals surface area contributed by atoms with Crippen LogP contribution >= 0.6 is 15.9 Å². The van der Waals surface area contributed by atoms with Crippen molar-refractivity contribution in [3.63, 3.8) is 0 Å². The zero-order chi connectivity index (χ0) is 11.7. The maximum Gasteiger partial charge on any atom is 0.258 e. The van der Waals surface area contributed by atoms with Crippen LogP contribution in [-0.4, -0.2) is 10.1 Å². The summed E-state index contributed by atoms with van der Waals surface area (Å²) in [5.41, 5.74) is 6.12. The first-order valence-corrected chi connectivity index (χ1v) is 5.42. The van der Waals surface area contributed by atoms with Crippen LogP contribution in [0.25, 0.3) is 11.5 Å². The Morgan fingerprint density at radius 3 is 2.81 bits per heavy atom. The van der Waals surface area contributed by atoms with Gasteiger partial charge in [0.15, 0.2) is 5.82 Å². The van der Waals surface area contributed by atoms with Gasteiger partial charge in [0.25, 0.3) is 5.89 Å². The van der Waals surface area contributed by atoms with E-state index >= 15 is 0 Å². The number of nitrogens with two attached hydrogens (primary N) is 1. The van der Waals surface area contributed by atoms with E-state index in [1.165, 1.54) is 6.07 Å². The molecule has 0 aliphatic rings. The minimum atomic E-state index is -0.377. The van der Waals surface area contributed by atoms with E-state index in [2.05, 4.69) is 26.1 Å². The topological polar surface area (TPSA) is 64.9 Å². The van der Waals surface area contributed by atoms with Gasteiger partial charge >= 0.3 is 0 Å². The van der Waals surface area contributed by atoms with E-state index in [9.17, 15) is 4.39 Å². The molecule has 4 nitrogen and oxygen atoms in total. The summed E-state index contributed by atoms with van der Waals surface area (Å²) in [7, 11) is 0. The van der Waals surface area contributed by atoms with E-state index in [4.69, 9.17) is 10.3 Å². The average Bonchev–Trinajstić information content (AvgIpc) is 2.71. The molecule has 1 aromatic heterocycles. The molecule has 0 aliphatic heterocycles. The molecule has 0 saturated heterocycles. The van der Waals surface area contributed by atoms with Gasteiger partial charge in [-0.05, 0) is 41.1 Å². The van der Waals surface area contributed by atoms with Crippen molar-refractivity contribution in [3.8, 4) is 11.5 Å². The maximum absolute atomic E-state index is 13.3. The molecule has 0 radical (unpaired) electrons. The standard InChI is InChI=1S/C10H9BrFN3O/c1-5(13)9-14-10(16-15-9)6-2-3-7(11)8(12)4-6/h2-5H,13H2,1H3. The van der Waals surface area contributed by atoms with Crippen molar-refractivity contribution in [2.75, 3.05) is 0 Å². The Hall–Kier alpha value is -1.27. The predicted octanol–water partition coefficient (Wildman–Crippen LogP) is 2.66. The number of benzene rings is 1. The molecule has 0 bridgehead atoms. The van der Waals surface area contributed by atoms with E-state index in [1.54, 1.807) is 19.1 Å². The number of nitrogens with zero attached hydrogens (tertiary/aromatic N) is 2. The molecule has 2 aromatic rings. The molecule has 84 valence electrons. The van der Waals surface area contributed by atoms with Crippen LogP contribution in [0.15, 0.2) is 27.2 Å². The number of halogens is 2. The van der Waals surface area contributed by atoms with Gasteiger partial charge in [-0.15, -0.1) is 0 Å². The van der Waals surface area contributed by atoms with Gasteiger partial charge in [-0.1, -0.05) is 5.16 Å².